The maximum Gasteiger partial charge on any atom is 0.114 e. The predicted octanol–water partition coefficient (Wildman–Crippen LogP) is 0.955. The van der Waals surface area contributed by atoms with Crippen LogP contribution in [0.25, 0.3) is 0 Å². The van der Waals surface area contributed by atoms with Crippen molar-refractivity contribution in [3.05, 3.63) is 21.9 Å². The molecule has 1 rings (SSSR count). The summed E-state index contributed by atoms with van der Waals surface area (Å²) in [7, 11) is 0. The Balaban J connectivity index is 2.63. The Labute approximate surface area is 92.4 Å². The zero-order chi connectivity index (χ0) is 10.6. The molecule has 1 aromatic heterocycles. The fourth-order valence-corrected chi connectivity index (χ4v) is 2.30. The molecule has 14 heavy (non-hydrogen) atoms. The van der Waals surface area contributed by atoms with Gasteiger partial charge in [-0.25, -0.2) is 0 Å². The zero-order valence-electron chi connectivity index (χ0n) is 7.63. The molecule has 0 saturated carbocycles. The first-order valence-corrected chi connectivity index (χ1v) is 5.80. The Morgan fingerprint density at radius 2 is 2.07 bits per heavy atom. The van der Waals surface area contributed by atoms with Gasteiger partial charge in [-0.2, -0.15) is 12.6 Å². The number of thiol groups is 1. The van der Waals surface area contributed by atoms with Crippen molar-refractivity contribution in [2.75, 3.05) is 5.75 Å². The summed E-state index contributed by atoms with van der Waals surface area (Å²) in [4.78, 5) is 1.47. The van der Waals surface area contributed by atoms with Gasteiger partial charge in [-0.15, -0.1) is 11.3 Å². The molecule has 2 unspecified atom stereocenters. The lowest BCUT2D eigenvalue weighted by molar-refractivity contribution is 0.0194. The summed E-state index contributed by atoms with van der Waals surface area (Å²) in [5, 5.41) is 28.0. The van der Waals surface area contributed by atoms with Gasteiger partial charge in [0.25, 0.3) is 0 Å². The second-order valence-electron chi connectivity index (χ2n) is 2.99. The third-order valence-electron chi connectivity index (χ3n) is 1.92. The number of hydrogen-bond acceptors (Lipinski definition) is 5. The van der Waals surface area contributed by atoms with Crippen molar-refractivity contribution in [3.8, 4) is 0 Å². The molecule has 2 atom stereocenters. The normalized spacial score (nSPS) is 15.4. The van der Waals surface area contributed by atoms with Gasteiger partial charge < -0.3 is 15.3 Å². The number of thiophene rings is 1. The van der Waals surface area contributed by atoms with Gasteiger partial charge in [0.05, 0.1) is 12.7 Å². The molecule has 3 N–H and O–H groups in total. The topological polar surface area (TPSA) is 60.7 Å². The molecule has 0 fully saturated rings. The highest BCUT2D eigenvalue weighted by atomic mass is 32.1. The first kappa shape index (κ1) is 12.0. The van der Waals surface area contributed by atoms with Crippen LogP contribution in [0, 0.1) is 0 Å². The van der Waals surface area contributed by atoms with Gasteiger partial charge >= 0.3 is 0 Å². The average molecular weight is 234 g/mol. The number of hydrogen-bond donors (Lipinski definition) is 4. The van der Waals surface area contributed by atoms with E-state index < -0.39 is 12.2 Å². The van der Waals surface area contributed by atoms with Crippen LogP contribution >= 0.6 is 24.0 Å². The van der Waals surface area contributed by atoms with Gasteiger partial charge in [0, 0.05) is 9.75 Å². The van der Waals surface area contributed by atoms with E-state index in [4.69, 9.17) is 5.11 Å². The van der Waals surface area contributed by atoms with Crippen molar-refractivity contribution in [2.24, 2.45) is 0 Å². The lowest BCUT2D eigenvalue weighted by Gasteiger charge is -2.15. The quantitative estimate of drug-likeness (QED) is 0.574. The smallest absolute Gasteiger partial charge is 0.114 e. The molecule has 0 saturated heterocycles. The SMILES string of the molecule is OCc1ccc(C(O)C(O)CCS)s1. The summed E-state index contributed by atoms with van der Waals surface area (Å²) in [6, 6.07) is 3.47. The number of aliphatic hydroxyl groups excluding tert-OH is 3. The summed E-state index contributed by atoms with van der Waals surface area (Å²) in [6.07, 6.45) is -1.19. The monoisotopic (exact) mass is 234 g/mol. The van der Waals surface area contributed by atoms with Gasteiger partial charge in [0.1, 0.15) is 6.10 Å². The molecule has 0 aromatic carbocycles. The molecule has 0 bridgehead atoms. The van der Waals surface area contributed by atoms with Crippen LogP contribution in [0.3, 0.4) is 0 Å². The van der Waals surface area contributed by atoms with Crippen molar-refractivity contribution in [3.63, 3.8) is 0 Å². The summed E-state index contributed by atoms with van der Waals surface area (Å²) in [5.74, 6) is 0.538. The van der Waals surface area contributed by atoms with E-state index in [0.29, 0.717) is 17.1 Å². The molecule has 0 aliphatic carbocycles. The molecule has 0 amide bonds. The van der Waals surface area contributed by atoms with Crippen molar-refractivity contribution in [2.45, 2.75) is 25.2 Å². The maximum absolute atomic E-state index is 9.67. The molecular weight excluding hydrogens is 220 g/mol. The molecule has 0 spiro atoms. The Morgan fingerprint density at radius 3 is 2.57 bits per heavy atom. The highest BCUT2D eigenvalue weighted by molar-refractivity contribution is 7.80. The van der Waals surface area contributed by atoms with E-state index in [1.165, 1.54) is 11.3 Å². The molecule has 3 nitrogen and oxygen atoms in total. The third kappa shape index (κ3) is 2.96. The second-order valence-corrected chi connectivity index (χ2v) is 4.63. The second kappa shape index (κ2) is 5.72. The molecule has 80 valence electrons. The number of rotatable bonds is 5. The summed E-state index contributed by atoms with van der Waals surface area (Å²) in [5.41, 5.74) is 0. The first-order valence-electron chi connectivity index (χ1n) is 4.35. The van der Waals surface area contributed by atoms with Crippen LogP contribution in [-0.2, 0) is 6.61 Å². The molecule has 1 aromatic rings. The van der Waals surface area contributed by atoms with Gasteiger partial charge in [0.15, 0.2) is 0 Å². The first-order chi connectivity index (χ1) is 6.69. The van der Waals surface area contributed by atoms with Gasteiger partial charge in [-0.05, 0) is 24.3 Å². The van der Waals surface area contributed by atoms with E-state index in [0.717, 1.165) is 4.88 Å². The molecule has 5 heteroatoms. The van der Waals surface area contributed by atoms with E-state index in [2.05, 4.69) is 12.6 Å². The highest BCUT2D eigenvalue weighted by Gasteiger charge is 2.19. The maximum atomic E-state index is 9.67. The van der Waals surface area contributed by atoms with E-state index in [1.807, 2.05) is 0 Å². The van der Waals surface area contributed by atoms with E-state index in [9.17, 15) is 10.2 Å². The molecule has 0 aliphatic heterocycles. The summed E-state index contributed by atoms with van der Waals surface area (Å²) < 4.78 is 0. The van der Waals surface area contributed by atoms with Gasteiger partial charge in [-0.3, -0.25) is 0 Å². The minimum absolute atomic E-state index is 0.0277. The third-order valence-corrected chi connectivity index (χ3v) is 3.32. The minimum Gasteiger partial charge on any atom is -0.391 e. The van der Waals surface area contributed by atoms with Crippen LogP contribution in [0.5, 0.6) is 0 Å². The van der Waals surface area contributed by atoms with Crippen molar-refractivity contribution >= 4 is 24.0 Å². The Bertz CT molecular complexity index is 275. The Hall–Kier alpha value is -0.0700. The van der Waals surface area contributed by atoms with Crippen molar-refractivity contribution in [1.82, 2.24) is 0 Å². The van der Waals surface area contributed by atoms with E-state index in [1.54, 1.807) is 12.1 Å². The fraction of sp³-hybridized carbons (Fsp3) is 0.556. The van der Waals surface area contributed by atoms with Crippen LogP contribution < -0.4 is 0 Å². The highest BCUT2D eigenvalue weighted by Crippen LogP contribution is 2.26. The largest absolute Gasteiger partial charge is 0.391 e. The van der Waals surface area contributed by atoms with E-state index >= 15 is 0 Å². The van der Waals surface area contributed by atoms with E-state index in [-0.39, 0.29) is 6.61 Å². The van der Waals surface area contributed by atoms with Crippen LogP contribution in [-0.4, -0.2) is 27.2 Å². The molecule has 0 radical (unpaired) electrons. The summed E-state index contributed by atoms with van der Waals surface area (Å²) >= 11 is 5.29. The Kier molecular flexibility index (Phi) is 4.91. The lowest BCUT2D eigenvalue weighted by Crippen LogP contribution is -2.17. The number of aliphatic hydroxyl groups is 3. The summed E-state index contributed by atoms with van der Waals surface area (Å²) in [6.45, 7) is -0.0277. The molecular formula is C9H14O3S2. The van der Waals surface area contributed by atoms with Gasteiger partial charge in [0.2, 0.25) is 0 Å². The predicted molar refractivity (Wildman–Crippen MR) is 59.7 cm³/mol. The average Bonchev–Trinajstić information content (AvgIpc) is 2.65. The molecule has 1 heterocycles. The Morgan fingerprint density at radius 1 is 1.36 bits per heavy atom. The molecule has 0 aliphatic rings. The zero-order valence-corrected chi connectivity index (χ0v) is 9.34. The van der Waals surface area contributed by atoms with Crippen LogP contribution in [0.4, 0.5) is 0 Å². The van der Waals surface area contributed by atoms with Crippen molar-refractivity contribution < 1.29 is 15.3 Å². The van der Waals surface area contributed by atoms with Crippen LogP contribution in [0.2, 0.25) is 0 Å². The van der Waals surface area contributed by atoms with Crippen LogP contribution in [0.15, 0.2) is 12.1 Å². The van der Waals surface area contributed by atoms with Crippen LogP contribution in [0.1, 0.15) is 22.3 Å². The van der Waals surface area contributed by atoms with Crippen molar-refractivity contribution in [1.29, 1.82) is 0 Å². The standard InChI is InChI=1S/C9H14O3S2/c10-5-6-1-2-8(14-6)9(12)7(11)3-4-13/h1-2,7,9-13H,3-5H2. The lowest BCUT2D eigenvalue weighted by atomic mass is 10.1. The minimum atomic E-state index is -0.868. The fourth-order valence-electron chi connectivity index (χ4n) is 1.12. The van der Waals surface area contributed by atoms with Gasteiger partial charge in [-0.1, -0.05) is 0 Å².